The molecule has 3 heteroatoms. The average molecular weight is 237 g/mol. The standard InChI is InChI=1S/C15H18BN2/c1-3-7-11(4-2)15-13(10-16-17)12-8-5-6-9-14(12)18-15/h3-9,18H,10,17H2,1-2H3/b7-3-,11-4+. The average Bonchev–Trinajstić information content (AvgIpc) is 2.76. The molecule has 0 spiro atoms. The van der Waals surface area contributed by atoms with Gasteiger partial charge in [0.25, 0.3) is 0 Å². The normalized spacial score (nSPS) is 12.5. The molecule has 0 unspecified atom stereocenters. The van der Waals surface area contributed by atoms with Gasteiger partial charge in [-0.25, -0.2) is 0 Å². The number of H-pyrrole nitrogens is 1. The molecule has 18 heavy (non-hydrogen) atoms. The monoisotopic (exact) mass is 237 g/mol. The Labute approximate surface area is 109 Å². The number of aromatic amines is 1. The maximum Gasteiger partial charge on any atom is 0.207 e. The lowest BCUT2D eigenvalue weighted by Gasteiger charge is -2.03. The highest BCUT2D eigenvalue weighted by Crippen LogP contribution is 2.28. The summed E-state index contributed by atoms with van der Waals surface area (Å²) in [5.41, 5.74) is 10.4. The molecule has 0 aliphatic rings. The largest absolute Gasteiger partial charge is 0.374 e. The molecule has 3 N–H and O–H groups in total. The Morgan fingerprint density at radius 1 is 1.33 bits per heavy atom. The number of rotatable bonds is 4. The van der Waals surface area contributed by atoms with Crippen molar-refractivity contribution in [2.24, 2.45) is 5.64 Å². The van der Waals surface area contributed by atoms with Crippen LogP contribution in [0.3, 0.4) is 0 Å². The van der Waals surface area contributed by atoms with Crippen LogP contribution in [0.1, 0.15) is 25.1 Å². The number of fused-ring (bicyclic) bond motifs is 1. The van der Waals surface area contributed by atoms with Crippen molar-refractivity contribution < 1.29 is 0 Å². The molecule has 2 rings (SSSR count). The Kier molecular flexibility index (Phi) is 4.05. The van der Waals surface area contributed by atoms with Crippen LogP contribution in [-0.4, -0.2) is 12.4 Å². The van der Waals surface area contributed by atoms with Gasteiger partial charge in [-0.05, 0) is 37.4 Å². The van der Waals surface area contributed by atoms with Crippen molar-refractivity contribution in [3.05, 3.63) is 53.8 Å². The Hall–Kier alpha value is -1.74. The lowest BCUT2D eigenvalue weighted by atomic mass is 9.84. The van der Waals surface area contributed by atoms with Gasteiger partial charge in [0, 0.05) is 16.6 Å². The van der Waals surface area contributed by atoms with E-state index in [4.69, 9.17) is 5.64 Å². The van der Waals surface area contributed by atoms with Gasteiger partial charge in [-0.1, -0.05) is 36.4 Å². The summed E-state index contributed by atoms with van der Waals surface area (Å²) in [4.78, 5) is 3.49. The third-order valence-electron chi connectivity index (χ3n) is 3.08. The second-order valence-electron chi connectivity index (χ2n) is 4.21. The second-order valence-corrected chi connectivity index (χ2v) is 4.21. The van der Waals surface area contributed by atoms with Crippen molar-refractivity contribution in [3.8, 4) is 0 Å². The first-order valence-electron chi connectivity index (χ1n) is 6.24. The van der Waals surface area contributed by atoms with Gasteiger partial charge in [-0.2, -0.15) is 0 Å². The zero-order valence-corrected chi connectivity index (χ0v) is 10.9. The van der Waals surface area contributed by atoms with Crippen LogP contribution in [0.15, 0.2) is 42.5 Å². The zero-order valence-electron chi connectivity index (χ0n) is 10.9. The molecule has 0 saturated carbocycles. The van der Waals surface area contributed by atoms with Crippen molar-refractivity contribution in [2.75, 3.05) is 0 Å². The van der Waals surface area contributed by atoms with E-state index in [0.29, 0.717) is 0 Å². The van der Waals surface area contributed by atoms with Crippen LogP contribution in [-0.2, 0) is 6.32 Å². The molecule has 0 fully saturated rings. The lowest BCUT2D eigenvalue weighted by Crippen LogP contribution is -2.09. The van der Waals surface area contributed by atoms with E-state index in [-0.39, 0.29) is 0 Å². The molecule has 1 radical (unpaired) electrons. The third kappa shape index (κ3) is 2.27. The van der Waals surface area contributed by atoms with Crippen molar-refractivity contribution in [1.29, 1.82) is 0 Å². The van der Waals surface area contributed by atoms with Gasteiger partial charge in [0.1, 0.15) is 0 Å². The van der Waals surface area contributed by atoms with Gasteiger partial charge < -0.3 is 10.6 Å². The summed E-state index contributed by atoms with van der Waals surface area (Å²) in [6.07, 6.45) is 7.06. The zero-order chi connectivity index (χ0) is 13.0. The molecule has 0 atom stereocenters. The van der Waals surface area contributed by atoms with E-state index < -0.39 is 0 Å². The molecule has 1 aromatic heterocycles. The molecular formula is C15H18BN2. The number of hydrogen-bond acceptors (Lipinski definition) is 1. The number of nitrogens with two attached hydrogens (primary N) is 1. The van der Waals surface area contributed by atoms with Gasteiger partial charge in [0.2, 0.25) is 7.41 Å². The predicted molar refractivity (Wildman–Crippen MR) is 80.4 cm³/mol. The Morgan fingerprint density at radius 3 is 2.78 bits per heavy atom. The maximum absolute atomic E-state index is 5.62. The Morgan fingerprint density at radius 2 is 2.11 bits per heavy atom. The van der Waals surface area contributed by atoms with Crippen LogP contribution >= 0.6 is 0 Å². The summed E-state index contributed by atoms with van der Waals surface area (Å²) < 4.78 is 0. The molecule has 1 heterocycles. The molecule has 0 amide bonds. The fourth-order valence-electron chi connectivity index (χ4n) is 2.28. The predicted octanol–water partition coefficient (Wildman–Crippen LogP) is 3.23. The summed E-state index contributed by atoms with van der Waals surface area (Å²) in [5, 5.41) is 1.25. The van der Waals surface area contributed by atoms with Crippen LogP contribution in [0.25, 0.3) is 16.5 Å². The SMILES string of the molecule is C/C=C\C(=C/C)c1[nH]c2ccccc2c1C[B]N. The first-order valence-corrected chi connectivity index (χ1v) is 6.24. The molecule has 0 aliphatic carbocycles. The third-order valence-corrected chi connectivity index (χ3v) is 3.08. The minimum Gasteiger partial charge on any atom is -0.374 e. The highest BCUT2D eigenvalue weighted by molar-refractivity contribution is 6.31. The molecule has 1 aromatic carbocycles. The van der Waals surface area contributed by atoms with Crippen molar-refractivity contribution >= 4 is 23.9 Å². The van der Waals surface area contributed by atoms with Crippen LogP contribution in [0.5, 0.6) is 0 Å². The summed E-state index contributed by atoms with van der Waals surface area (Å²) >= 11 is 0. The van der Waals surface area contributed by atoms with E-state index in [0.717, 1.165) is 11.8 Å². The van der Waals surface area contributed by atoms with E-state index in [9.17, 15) is 0 Å². The Bertz CT molecular complexity index is 594. The van der Waals surface area contributed by atoms with Gasteiger partial charge in [-0.3, -0.25) is 0 Å². The fourth-order valence-corrected chi connectivity index (χ4v) is 2.28. The summed E-state index contributed by atoms with van der Waals surface area (Å²) in [5.74, 6) is 0. The van der Waals surface area contributed by atoms with Gasteiger partial charge >= 0.3 is 0 Å². The lowest BCUT2D eigenvalue weighted by molar-refractivity contribution is 1.31. The van der Waals surface area contributed by atoms with E-state index in [1.807, 2.05) is 13.0 Å². The number of benzene rings is 1. The Balaban J connectivity index is 2.65. The van der Waals surface area contributed by atoms with E-state index in [1.165, 1.54) is 22.2 Å². The van der Waals surface area contributed by atoms with Gasteiger partial charge in [0.05, 0.1) is 0 Å². The van der Waals surface area contributed by atoms with Crippen molar-refractivity contribution in [2.45, 2.75) is 20.2 Å². The summed E-state index contributed by atoms with van der Waals surface area (Å²) in [6.45, 7) is 4.08. The molecule has 91 valence electrons. The van der Waals surface area contributed by atoms with Crippen LogP contribution in [0.4, 0.5) is 0 Å². The molecule has 0 bridgehead atoms. The van der Waals surface area contributed by atoms with Crippen molar-refractivity contribution in [1.82, 2.24) is 4.98 Å². The first kappa shape index (κ1) is 12.7. The molecular weight excluding hydrogens is 219 g/mol. The maximum atomic E-state index is 5.62. The van der Waals surface area contributed by atoms with E-state index in [1.54, 1.807) is 7.41 Å². The minimum atomic E-state index is 0.772. The number of hydrogen-bond donors (Lipinski definition) is 2. The molecule has 2 nitrogen and oxygen atoms in total. The fraction of sp³-hybridized carbons (Fsp3) is 0.200. The quantitative estimate of drug-likeness (QED) is 0.622. The van der Waals surface area contributed by atoms with Gasteiger partial charge in [0.15, 0.2) is 0 Å². The minimum absolute atomic E-state index is 0.772. The van der Waals surface area contributed by atoms with E-state index >= 15 is 0 Å². The number of para-hydroxylation sites is 1. The number of allylic oxidation sites excluding steroid dienone is 4. The van der Waals surface area contributed by atoms with Crippen LogP contribution in [0, 0.1) is 0 Å². The number of aromatic nitrogens is 1. The smallest absolute Gasteiger partial charge is 0.207 e. The topological polar surface area (TPSA) is 41.8 Å². The summed E-state index contributed by atoms with van der Waals surface area (Å²) in [6, 6.07) is 8.34. The first-order chi connectivity index (χ1) is 8.81. The molecule has 0 aliphatic heterocycles. The van der Waals surface area contributed by atoms with Crippen LogP contribution in [0.2, 0.25) is 0 Å². The highest BCUT2D eigenvalue weighted by atomic mass is 14.7. The van der Waals surface area contributed by atoms with Crippen LogP contribution < -0.4 is 5.64 Å². The van der Waals surface area contributed by atoms with E-state index in [2.05, 4.69) is 48.3 Å². The molecule has 0 saturated heterocycles. The van der Waals surface area contributed by atoms with Gasteiger partial charge in [-0.15, -0.1) is 0 Å². The summed E-state index contributed by atoms with van der Waals surface area (Å²) in [7, 11) is 1.71. The highest BCUT2D eigenvalue weighted by Gasteiger charge is 2.12. The number of nitrogens with one attached hydrogen (secondary N) is 1. The van der Waals surface area contributed by atoms with Crippen molar-refractivity contribution in [3.63, 3.8) is 0 Å². The second kappa shape index (κ2) is 5.74. The molecule has 2 aromatic rings.